The van der Waals surface area contributed by atoms with Crippen LogP contribution in [0.5, 0.6) is 0 Å². The Balaban J connectivity index is 1.44. The number of nitrogens with zero attached hydrogens (tertiary/aromatic N) is 4. The maximum absolute atomic E-state index is 13.7. The summed E-state index contributed by atoms with van der Waals surface area (Å²) < 4.78 is 34.3. The van der Waals surface area contributed by atoms with Gasteiger partial charge in [0, 0.05) is 63.6 Å². The topological polar surface area (TPSA) is 81.9 Å². The Morgan fingerprint density at radius 1 is 1.00 bits per heavy atom. The van der Waals surface area contributed by atoms with Crippen molar-refractivity contribution in [2.75, 3.05) is 44.2 Å². The molecule has 2 saturated heterocycles. The monoisotopic (exact) mass is 523 g/mol. The largest absolute Gasteiger partial charge is 0.368 e. The van der Waals surface area contributed by atoms with Gasteiger partial charge in [-0.3, -0.25) is 4.90 Å². The predicted octanol–water partition coefficient (Wildman–Crippen LogP) is 3.26. The third-order valence-electron chi connectivity index (χ3n) is 7.67. The molecule has 0 bridgehead atoms. The predicted molar refractivity (Wildman–Crippen MR) is 145 cm³/mol. The third-order valence-corrected chi connectivity index (χ3v) is 9.78. The summed E-state index contributed by atoms with van der Waals surface area (Å²) in [5, 5.41) is 7.64. The van der Waals surface area contributed by atoms with Crippen LogP contribution in [0, 0.1) is 27.7 Å². The Hall–Kier alpha value is -2.72. The quantitative estimate of drug-likeness (QED) is 0.531. The molecule has 0 saturated carbocycles. The smallest absolute Gasteiger partial charge is 0.248 e. The molecule has 8 nitrogen and oxygen atoms in total. The van der Waals surface area contributed by atoms with E-state index in [-0.39, 0.29) is 17.0 Å². The van der Waals surface area contributed by atoms with E-state index in [4.69, 9.17) is 4.52 Å². The minimum atomic E-state index is -3.72. The molecule has 2 aliphatic heterocycles. The van der Waals surface area contributed by atoms with Gasteiger partial charge in [-0.25, -0.2) is 8.42 Å². The lowest BCUT2D eigenvalue weighted by molar-refractivity contribution is 0.0811. The van der Waals surface area contributed by atoms with Gasteiger partial charge in [-0.1, -0.05) is 47.6 Å². The van der Waals surface area contributed by atoms with Crippen molar-refractivity contribution in [3.8, 4) is 0 Å². The maximum atomic E-state index is 13.7. The molecular formula is C28H37N5O3S. The van der Waals surface area contributed by atoms with Gasteiger partial charge in [0.05, 0.1) is 0 Å². The average Bonchev–Trinajstić information content (AvgIpc) is 3.24. The van der Waals surface area contributed by atoms with Crippen LogP contribution in [0.25, 0.3) is 0 Å². The van der Waals surface area contributed by atoms with Gasteiger partial charge in [0.25, 0.3) is 0 Å². The van der Waals surface area contributed by atoms with Crippen molar-refractivity contribution in [3.05, 3.63) is 76.7 Å². The van der Waals surface area contributed by atoms with Crippen molar-refractivity contribution in [2.24, 2.45) is 0 Å². The fourth-order valence-electron chi connectivity index (χ4n) is 5.72. The van der Waals surface area contributed by atoms with Crippen LogP contribution < -0.4 is 10.2 Å². The summed E-state index contributed by atoms with van der Waals surface area (Å²) in [6.07, 6.45) is 0. The number of aromatic nitrogens is 1. The number of hydrogen-bond donors (Lipinski definition) is 1. The minimum absolute atomic E-state index is 0.0112. The van der Waals surface area contributed by atoms with E-state index in [1.807, 2.05) is 6.07 Å². The average molecular weight is 524 g/mol. The number of piperazine rings is 2. The molecule has 37 heavy (non-hydrogen) atoms. The van der Waals surface area contributed by atoms with Crippen LogP contribution in [0.15, 0.2) is 57.9 Å². The van der Waals surface area contributed by atoms with E-state index in [1.165, 1.54) is 22.4 Å². The van der Waals surface area contributed by atoms with E-state index in [1.54, 1.807) is 18.2 Å². The summed E-state index contributed by atoms with van der Waals surface area (Å²) >= 11 is 0. The Morgan fingerprint density at radius 2 is 1.78 bits per heavy atom. The fourth-order valence-corrected chi connectivity index (χ4v) is 7.46. The summed E-state index contributed by atoms with van der Waals surface area (Å²) in [5.41, 5.74) is 5.42. The Kier molecular flexibility index (Phi) is 7.40. The molecule has 2 aliphatic rings. The summed E-state index contributed by atoms with van der Waals surface area (Å²) in [6, 6.07) is 17.1. The van der Waals surface area contributed by atoms with Crippen molar-refractivity contribution in [3.63, 3.8) is 0 Å². The second-order valence-corrected chi connectivity index (χ2v) is 12.2. The molecule has 2 unspecified atom stereocenters. The number of aryl methyl sites for hydroxylation is 4. The molecular weight excluding hydrogens is 486 g/mol. The van der Waals surface area contributed by atoms with Crippen LogP contribution in [-0.2, 0) is 16.6 Å². The van der Waals surface area contributed by atoms with E-state index in [2.05, 4.69) is 76.6 Å². The van der Waals surface area contributed by atoms with E-state index in [0.29, 0.717) is 31.1 Å². The first kappa shape index (κ1) is 25.9. The van der Waals surface area contributed by atoms with E-state index < -0.39 is 10.0 Å². The number of benzene rings is 2. The Morgan fingerprint density at radius 3 is 2.51 bits per heavy atom. The molecule has 2 aromatic carbocycles. The van der Waals surface area contributed by atoms with Gasteiger partial charge >= 0.3 is 0 Å². The number of sulfonamides is 1. The number of rotatable bonds is 6. The second kappa shape index (κ2) is 10.6. The maximum Gasteiger partial charge on any atom is 0.248 e. The molecule has 1 aromatic heterocycles. The zero-order valence-corrected chi connectivity index (χ0v) is 23.0. The number of nitrogens with one attached hydrogen (secondary N) is 1. The van der Waals surface area contributed by atoms with E-state index >= 15 is 0 Å². The van der Waals surface area contributed by atoms with Crippen LogP contribution >= 0.6 is 0 Å². The summed E-state index contributed by atoms with van der Waals surface area (Å²) in [4.78, 5) is 5.10. The highest BCUT2D eigenvalue weighted by Crippen LogP contribution is 2.29. The Bertz CT molecular complexity index is 1320. The molecule has 9 heteroatoms. The molecule has 1 N–H and O–H groups in total. The van der Waals surface area contributed by atoms with Gasteiger partial charge in [0.2, 0.25) is 10.0 Å². The van der Waals surface area contributed by atoms with Gasteiger partial charge in [-0.15, -0.1) is 0 Å². The lowest BCUT2D eigenvalue weighted by atomic mass is 9.99. The third kappa shape index (κ3) is 5.31. The van der Waals surface area contributed by atoms with E-state index in [0.717, 1.165) is 26.2 Å². The van der Waals surface area contributed by atoms with Gasteiger partial charge in [-0.05, 0) is 50.5 Å². The van der Waals surface area contributed by atoms with Crippen molar-refractivity contribution in [1.29, 1.82) is 0 Å². The van der Waals surface area contributed by atoms with Gasteiger partial charge in [-0.2, -0.15) is 4.31 Å². The number of anilines is 1. The highest BCUT2D eigenvalue weighted by Gasteiger charge is 2.41. The first-order chi connectivity index (χ1) is 17.7. The molecule has 2 fully saturated rings. The lowest BCUT2D eigenvalue weighted by Crippen LogP contribution is -2.66. The SMILES string of the molecule is Cc1ccc(C)c(N2CCNC(C3CN(S(=O)(=O)c4c(C)noc4C)CCN3Cc3ccccc3)C2)c1. The summed E-state index contributed by atoms with van der Waals surface area (Å²) in [5.74, 6) is 0.345. The first-order valence-electron chi connectivity index (χ1n) is 13.0. The standard InChI is InChI=1S/C28H37N5O3S/c1-20-10-11-21(2)26(16-20)31-13-12-29-25(18-31)27-19-33(37(34,35)28-22(3)30-36-23(28)4)15-14-32(27)17-24-8-6-5-7-9-24/h5-11,16,25,27,29H,12-15,17-19H2,1-4H3. The first-order valence-corrected chi connectivity index (χ1v) is 14.4. The van der Waals surface area contributed by atoms with E-state index in [9.17, 15) is 8.42 Å². The summed E-state index contributed by atoms with van der Waals surface area (Å²) in [6.45, 7) is 12.5. The van der Waals surface area contributed by atoms with Gasteiger partial charge in [0.1, 0.15) is 10.6 Å². The van der Waals surface area contributed by atoms with Gasteiger partial charge in [0.15, 0.2) is 5.76 Å². The van der Waals surface area contributed by atoms with Crippen LogP contribution in [-0.4, -0.2) is 74.1 Å². The highest BCUT2D eigenvalue weighted by molar-refractivity contribution is 7.89. The van der Waals surface area contributed by atoms with Crippen LogP contribution in [0.1, 0.15) is 28.1 Å². The molecule has 3 aromatic rings. The normalized spacial score (nSPS) is 21.9. The van der Waals surface area contributed by atoms with Crippen molar-refractivity contribution >= 4 is 15.7 Å². The fraction of sp³-hybridized carbons (Fsp3) is 0.464. The van der Waals surface area contributed by atoms with Crippen LogP contribution in [0.4, 0.5) is 5.69 Å². The lowest BCUT2D eigenvalue weighted by Gasteiger charge is -2.47. The second-order valence-electron chi connectivity index (χ2n) is 10.3. The molecule has 0 spiro atoms. The minimum Gasteiger partial charge on any atom is -0.368 e. The molecule has 0 aliphatic carbocycles. The van der Waals surface area contributed by atoms with Crippen molar-refractivity contribution in [1.82, 2.24) is 19.7 Å². The zero-order valence-electron chi connectivity index (χ0n) is 22.1. The molecule has 3 heterocycles. The summed E-state index contributed by atoms with van der Waals surface area (Å²) in [7, 11) is -3.72. The molecule has 5 rings (SSSR count). The zero-order chi connectivity index (χ0) is 26.2. The Labute approximate surface area is 220 Å². The molecule has 0 amide bonds. The van der Waals surface area contributed by atoms with Crippen molar-refractivity contribution < 1.29 is 12.9 Å². The number of hydrogen-bond acceptors (Lipinski definition) is 7. The van der Waals surface area contributed by atoms with Gasteiger partial charge < -0.3 is 14.7 Å². The van der Waals surface area contributed by atoms with Crippen molar-refractivity contribution in [2.45, 2.75) is 51.2 Å². The molecule has 198 valence electrons. The van der Waals surface area contributed by atoms with Crippen LogP contribution in [0.3, 0.4) is 0 Å². The van der Waals surface area contributed by atoms with Crippen LogP contribution in [0.2, 0.25) is 0 Å². The molecule has 0 radical (unpaired) electrons. The molecule has 2 atom stereocenters. The highest BCUT2D eigenvalue weighted by atomic mass is 32.2.